The molecule has 5 heteroatoms. The van der Waals surface area contributed by atoms with Gasteiger partial charge in [0.1, 0.15) is 6.34 Å². The number of carbonyl (C=O) groups excluding carboxylic acids is 1. The Morgan fingerprint density at radius 2 is 1.93 bits per heavy atom. The molecule has 15 heavy (non-hydrogen) atoms. The van der Waals surface area contributed by atoms with Crippen LogP contribution in [0.5, 0.6) is 0 Å². The number of hydrogen-bond acceptors (Lipinski definition) is 3. The van der Waals surface area contributed by atoms with Gasteiger partial charge < -0.3 is 0 Å². The van der Waals surface area contributed by atoms with Crippen LogP contribution in [0, 0.1) is 0 Å². The largest absolute Gasteiger partial charge is 0.270 e. The third kappa shape index (κ3) is 1.49. The minimum atomic E-state index is -0.226. The second-order valence-corrected chi connectivity index (χ2v) is 3.06. The highest BCUT2D eigenvalue weighted by Gasteiger charge is 2.07. The van der Waals surface area contributed by atoms with Crippen molar-refractivity contribution in [3.8, 4) is 0 Å². The summed E-state index contributed by atoms with van der Waals surface area (Å²) >= 11 is 0. The Labute approximate surface area is 91.2 Å². The number of nitrogens with zero attached hydrogens (tertiary/aromatic N) is 3. The van der Waals surface area contributed by atoms with E-state index < -0.39 is 0 Å². The first kappa shape index (κ1) is 9.73. The minimum absolute atomic E-state index is 0. The van der Waals surface area contributed by atoms with Crippen LogP contribution in [0.2, 0.25) is 0 Å². The molecule has 0 fully saturated rings. The number of halogens is 1. The molecular weight excluding hydrogens is 214 g/mol. The Bertz CT molecular complexity index is 616. The molecule has 0 aromatic heterocycles. The summed E-state index contributed by atoms with van der Waals surface area (Å²) in [5.74, 6) is -0.226. The molecule has 0 saturated carbocycles. The number of benzene rings is 1. The molecule has 3 rings (SSSR count). The van der Waals surface area contributed by atoms with E-state index in [1.54, 1.807) is 12.1 Å². The number of rotatable bonds is 0. The van der Waals surface area contributed by atoms with Crippen molar-refractivity contribution < 1.29 is 4.79 Å². The van der Waals surface area contributed by atoms with E-state index >= 15 is 0 Å². The van der Waals surface area contributed by atoms with Gasteiger partial charge in [-0.15, -0.1) is 12.4 Å². The van der Waals surface area contributed by atoms with E-state index in [1.165, 1.54) is 12.4 Å². The van der Waals surface area contributed by atoms with Crippen LogP contribution in [0.1, 0.15) is 5.56 Å². The van der Waals surface area contributed by atoms with E-state index in [2.05, 4.69) is 15.0 Å². The molecule has 1 aromatic carbocycles. The molecule has 4 nitrogen and oxygen atoms in total. The number of amides is 1. The molecule has 0 unspecified atom stereocenters. The number of carbonyl (C=O) groups is 1. The van der Waals surface area contributed by atoms with Gasteiger partial charge in [0.05, 0.1) is 16.4 Å². The van der Waals surface area contributed by atoms with Gasteiger partial charge in [0.15, 0.2) is 0 Å². The summed E-state index contributed by atoms with van der Waals surface area (Å²) in [6.45, 7) is 0. The predicted octanol–water partition coefficient (Wildman–Crippen LogP) is 0.574. The minimum Gasteiger partial charge on any atom is -0.267 e. The van der Waals surface area contributed by atoms with Gasteiger partial charge in [0.2, 0.25) is 0 Å². The van der Waals surface area contributed by atoms with Gasteiger partial charge in [-0.2, -0.15) is 0 Å². The van der Waals surface area contributed by atoms with Gasteiger partial charge in [-0.3, -0.25) is 4.79 Å². The zero-order chi connectivity index (χ0) is 9.54. The smallest absolute Gasteiger partial charge is 0.267 e. The van der Waals surface area contributed by atoms with Crippen LogP contribution in [0.25, 0.3) is 6.08 Å². The van der Waals surface area contributed by atoms with Crippen LogP contribution in [-0.2, 0) is 4.79 Å². The van der Waals surface area contributed by atoms with Crippen LogP contribution in [0.3, 0.4) is 0 Å². The SMILES string of the molecule is Cl.O=C1C=Cc2cc3c(cc2=N1)N=CN=3. The fraction of sp³-hybridized carbons (Fsp3) is 0. The molecule has 0 saturated heterocycles. The Morgan fingerprint density at radius 1 is 1.07 bits per heavy atom. The Hall–Kier alpha value is -1.81. The van der Waals surface area contributed by atoms with Crippen LogP contribution in [0.15, 0.2) is 33.2 Å². The zero-order valence-electron chi connectivity index (χ0n) is 7.54. The molecule has 1 amide bonds. The van der Waals surface area contributed by atoms with E-state index in [9.17, 15) is 4.79 Å². The third-order valence-corrected chi connectivity index (χ3v) is 2.15. The topological polar surface area (TPSA) is 54.1 Å². The molecular formula is C10H6ClN3O. The molecule has 2 aliphatic rings. The van der Waals surface area contributed by atoms with E-state index in [-0.39, 0.29) is 18.3 Å². The van der Waals surface area contributed by atoms with Crippen molar-refractivity contribution in [3.63, 3.8) is 0 Å². The van der Waals surface area contributed by atoms with Gasteiger partial charge in [-0.25, -0.2) is 15.0 Å². The second kappa shape index (κ2) is 3.40. The highest BCUT2D eigenvalue weighted by molar-refractivity contribution is 5.94. The first-order valence-corrected chi connectivity index (χ1v) is 4.18. The van der Waals surface area contributed by atoms with Crippen LogP contribution >= 0.6 is 12.4 Å². The highest BCUT2D eigenvalue weighted by atomic mass is 35.5. The van der Waals surface area contributed by atoms with Gasteiger partial charge in [-0.1, -0.05) is 0 Å². The van der Waals surface area contributed by atoms with Crippen LogP contribution < -0.4 is 10.7 Å². The summed E-state index contributed by atoms with van der Waals surface area (Å²) in [7, 11) is 0. The molecule has 1 aromatic rings. The van der Waals surface area contributed by atoms with Gasteiger partial charge in [-0.05, 0) is 18.2 Å². The zero-order valence-corrected chi connectivity index (χ0v) is 8.36. The van der Waals surface area contributed by atoms with Crippen LogP contribution in [-0.4, -0.2) is 12.2 Å². The maximum absolute atomic E-state index is 11.0. The molecule has 74 valence electrons. The van der Waals surface area contributed by atoms with Crippen molar-refractivity contribution in [3.05, 3.63) is 34.5 Å². The molecule has 0 N–H and O–H groups in total. The van der Waals surface area contributed by atoms with E-state index in [0.29, 0.717) is 5.36 Å². The number of aliphatic imine (C=N–C) groups is 1. The Kier molecular flexibility index (Phi) is 2.21. The summed E-state index contributed by atoms with van der Waals surface area (Å²) in [6.07, 6.45) is 4.70. The molecule has 0 radical (unpaired) electrons. The molecule has 0 bridgehead atoms. The maximum Gasteiger partial charge on any atom is 0.270 e. The molecule has 0 spiro atoms. The molecule has 2 heterocycles. The summed E-state index contributed by atoms with van der Waals surface area (Å²) in [4.78, 5) is 23.0. The number of fused-ring (bicyclic) bond motifs is 2. The fourth-order valence-corrected chi connectivity index (χ4v) is 1.49. The second-order valence-electron chi connectivity index (χ2n) is 3.06. The third-order valence-electron chi connectivity index (χ3n) is 2.15. The predicted molar refractivity (Wildman–Crippen MR) is 58.2 cm³/mol. The van der Waals surface area contributed by atoms with E-state index in [1.807, 2.05) is 6.07 Å². The first-order valence-electron chi connectivity index (χ1n) is 4.18. The molecule has 0 atom stereocenters. The fourth-order valence-electron chi connectivity index (χ4n) is 1.49. The lowest BCUT2D eigenvalue weighted by atomic mass is 10.1. The van der Waals surface area contributed by atoms with Crippen molar-refractivity contribution in [1.82, 2.24) is 0 Å². The average Bonchev–Trinajstić information content (AvgIpc) is 2.61. The van der Waals surface area contributed by atoms with Crippen molar-refractivity contribution in [2.24, 2.45) is 15.0 Å². The molecule has 2 aliphatic heterocycles. The van der Waals surface area contributed by atoms with E-state index in [4.69, 9.17) is 0 Å². The standard InChI is InChI=1S/C10H5N3O.ClH/c14-10-2-1-6-3-8-9(12-5-11-8)4-7(6)13-10;/h1-5H;1H. The van der Waals surface area contributed by atoms with Crippen molar-refractivity contribution in [2.75, 3.05) is 0 Å². The van der Waals surface area contributed by atoms with Crippen molar-refractivity contribution in [1.29, 1.82) is 0 Å². The van der Waals surface area contributed by atoms with Gasteiger partial charge in [0, 0.05) is 11.6 Å². The Balaban J connectivity index is 0.000000853. The van der Waals surface area contributed by atoms with Gasteiger partial charge >= 0.3 is 0 Å². The van der Waals surface area contributed by atoms with Crippen LogP contribution in [0.4, 0.5) is 5.69 Å². The summed E-state index contributed by atoms with van der Waals surface area (Å²) in [5.41, 5.74) is 1.69. The lowest BCUT2D eigenvalue weighted by Gasteiger charge is -1.99. The maximum atomic E-state index is 11.0. The van der Waals surface area contributed by atoms with E-state index in [0.717, 1.165) is 16.6 Å². The summed E-state index contributed by atoms with van der Waals surface area (Å²) < 4.78 is 0. The average molecular weight is 220 g/mol. The van der Waals surface area contributed by atoms with Crippen molar-refractivity contribution >= 4 is 36.4 Å². The normalized spacial score (nSPS) is 14.8. The highest BCUT2D eigenvalue weighted by Crippen LogP contribution is 2.08. The molecule has 0 aliphatic carbocycles. The summed E-state index contributed by atoms with van der Waals surface area (Å²) in [6, 6.07) is 3.66. The van der Waals surface area contributed by atoms with Crippen molar-refractivity contribution in [2.45, 2.75) is 0 Å². The number of hydrogen-bond donors (Lipinski definition) is 0. The first-order chi connectivity index (χ1) is 6.83. The monoisotopic (exact) mass is 219 g/mol. The lowest BCUT2D eigenvalue weighted by molar-refractivity contribution is -0.113. The lowest BCUT2D eigenvalue weighted by Crippen LogP contribution is -2.16. The summed E-state index contributed by atoms with van der Waals surface area (Å²) in [5, 5.41) is 1.50. The quantitative estimate of drug-likeness (QED) is 0.630. The Morgan fingerprint density at radius 3 is 2.80 bits per heavy atom. The van der Waals surface area contributed by atoms with Gasteiger partial charge in [0.25, 0.3) is 5.91 Å².